The van der Waals surface area contributed by atoms with Gasteiger partial charge < -0.3 is 8.85 Å². The van der Waals surface area contributed by atoms with E-state index in [4.69, 9.17) is 8.85 Å². The number of halogens is 2. The van der Waals surface area contributed by atoms with Gasteiger partial charge in [-0.25, -0.2) is 8.78 Å². The molecule has 0 bridgehead atoms. The molecular weight excluding hydrogens is 486 g/mol. The highest BCUT2D eigenvalue weighted by Gasteiger charge is 2.41. The van der Waals surface area contributed by atoms with E-state index in [1.165, 1.54) is 12.1 Å². The Bertz CT molecular complexity index is 1140. The van der Waals surface area contributed by atoms with Crippen LogP contribution in [0.1, 0.15) is 41.5 Å². The third-order valence-electron chi connectivity index (χ3n) is 7.75. The van der Waals surface area contributed by atoms with Gasteiger partial charge in [0.1, 0.15) is 23.1 Å². The van der Waals surface area contributed by atoms with Crippen molar-refractivity contribution < 1.29 is 17.6 Å². The average Bonchev–Trinajstić information content (AvgIpc) is 2.73. The highest BCUT2D eigenvalue weighted by molar-refractivity contribution is 6.75. The van der Waals surface area contributed by atoms with E-state index in [1.807, 2.05) is 24.3 Å². The van der Waals surface area contributed by atoms with Gasteiger partial charge in [0.25, 0.3) is 16.6 Å². The summed E-state index contributed by atoms with van der Waals surface area (Å²) >= 11 is 0. The minimum Gasteiger partial charge on any atom is -0.543 e. The number of benzene rings is 3. The number of hydrogen-bond donors (Lipinski definition) is 0. The second-order valence-electron chi connectivity index (χ2n) is 12.5. The number of hydrogen-bond acceptors (Lipinski definition) is 2. The van der Waals surface area contributed by atoms with Gasteiger partial charge in [-0.1, -0.05) is 77.9 Å². The van der Waals surface area contributed by atoms with Gasteiger partial charge in [0.05, 0.1) is 0 Å². The standard InChI is InChI=1S/C30H40F2O2Si2/c1-29(2,3)35(7,8)33-27-19-24(22-16-12-14-18-26(22)32)28(34-36(9,10)30(4,5)6)20-23(27)21-15-11-13-17-25(21)31/h11-20H,1-10H3. The zero-order valence-electron chi connectivity index (χ0n) is 23.3. The fraction of sp³-hybridized carbons (Fsp3) is 0.400. The summed E-state index contributed by atoms with van der Waals surface area (Å²) in [5, 5.41) is -0.151. The van der Waals surface area contributed by atoms with Crippen molar-refractivity contribution in [1.82, 2.24) is 0 Å². The smallest absolute Gasteiger partial charge is 0.250 e. The first kappa shape index (κ1) is 28.1. The molecule has 3 rings (SSSR count). The first-order valence-electron chi connectivity index (χ1n) is 12.5. The second kappa shape index (κ2) is 9.78. The molecule has 194 valence electrons. The van der Waals surface area contributed by atoms with Gasteiger partial charge in [-0.2, -0.15) is 0 Å². The van der Waals surface area contributed by atoms with Crippen LogP contribution < -0.4 is 8.85 Å². The summed E-state index contributed by atoms with van der Waals surface area (Å²) in [4.78, 5) is 0. The minimum absolute atomic E-state index is 0.0754. The zero-order chi connectivity index (χ0) is 27.1. The van der Waals surface area contributed by atoms with Crippen molar-refractivity contribution in [3.05, 3.63) is 72.3 Å². The van der Waals surface area contributed by atoms with Crippen LogP contribution in [-0.4, -0.2) is 16.6 Å². The lowest BCUT2D eigenvalue weighted by molar-refractivity contribution is 0.483. The monoisotopic (exact) mass is 526 g/mol. The zero-order valence-corrected chi connectivity index (χ0v) is 25.3. The van der Waals surface area contributed by atoms with Crippen molar-refractivity contribution in [3.8, 4) is 33.8 Å². The fourth-order valence-corrected chi connectivity index (χ4v) is 5.41. The largest absolute Gasteiger partial charge is 0.543 e. The topological polar surface area (TPSA) is 18.5 Å². The van der Waals surface area contributed by atoms with Crippen molar-refractivity contribution >= 4 is 16.6 Å². The van der Waals surface area contributed by atoms with E-state index in [0.717, 1.165) is 0 Å². The van der Waals surface area contributed by atoms with Crippen LogP contribution in [0.15, 0.2) is 60.7 Å². The third kappa shape index (κ3) is 5.75. The van der Waals surface area contributed by atoms with Crippen molar-refractivity contribution in [2.45, 2.75) is 77.8 Å². The highest BCUT2D eigenvalue weighted by Crippen LogP contribution is 2.48. The molecule has 2 nitrogen and oxygen atoms in total. The van der Waals surface area contributed by atoms with Crippen LogP contribution in [0.25, 0.3) is 22.3 Å². The van der Waals surface area contributed by atoms with Gasteiger partial charge in [0.2, 0.25) is 0 Å². The van der Waals surface area contributed by atoms with Gasteiger partial charge >= 0.3 is 0 Å². The molecule has 3 aromatic carbocycles. The van der Waals surface area contributed by atoms with E-state index in [-0.39, 0.29) is 21.7 Å². The summed E-state index contributed by atoms with van der Waals surface area (Å²) in [5.74, 6) is 0.420. The van der Waals surface area contributed by atoms with Crippen LogP contribution >= 0.6 is 0 Å². The predicted octanol–water partition coefficient (Wildman–Crippen LogP) is 10.1. The molecule has 0 aliphatic heterocycles. The molecule has 0 amide bonds. The van der Waals surface area contributed by atoms with Crippen LogP contribution in [-0.2, 0) is 0 Å². The summed E-state index contributed by atoms with van der Waals surface area (Å²) in [6, 6.07) is 17.1. The van der Waals surface area contributed by atoms with Crippen molar-refractivity contribution in [1.29, 1.82) is 0 Å². The molecule has 0 aliphatic carbocycles. The molecule has 0 unspecified atom stereocenters. The molecule has 0 radical (unpaired) electrons. The molecule has 36 heavy (non-hydrogen) atoms. The van der Waals surface area contributed by atoms with Gasteiger partial charge in [-0.15, -0.1) is 0 Å². The SMILES string of the molecule is CC(C)(C)[Si](C)(C)Oc1cc(-c2ccccc2F)c(O[Si](C)(C)C(C)(C)C)cc1-c1ccccc1F. The lowest BCUT2D eigenvalue weighted by atomic mass is 9.97. The molecule has 0 saturated carbocycles. The van der Waals surface area contributed by atoms with E-state index in [1.54, 1.807) is 24.3 Å². The molecule has 0 heterocycles. The van der Waals surface area contributed by atoms with E-state index in [2.05, 4.69) is 67.7 Å². The maximum absolute atomic E-state index is 15.1. The molecule has 0 aliphatic rings. The molecule has 0 fully saturated rings. The normalized spacial score (nSPS) is 13.0. The Hall–Kier alpha value is -2.45. The molecule has 0 spiro atoms. The van der Waals surface area contributed by atoms with E-state index >= 15 is 8.78 Å². The molecule has 0 saturated heterocycles. The van der Waals surface area contributed by atoms with Gasteiger partial charge in [0, 0.05) is 22.3 Å². The maximum Gasteiger partial charge on any atom is 0.250 e. The molecule has 0 atom stereocenters. The van der Waals surface area contributed by atoms with Crippen LogP contribution in [0.4, 0.5) is 8.78 Å². The Morgan fingerprint density at radius 2 is 0.833 bits per heavy atom. The first-order chi connectivity index (χ1) is 16.4. The summed E-state index contributed by atoms with van der Waals surface area (Å²) in [7, 11) is -4.61. The lowest BCUT2D eigenvalue weighted by Gasteiger charge is -2.39. The van der Waals surface area contributed by atoms with Gasteiger partial charge in [0.15, 0.2) is 0 Å². The fourth-order valence-electron chi connectivity index (χ4n) is 3.37. The number of rotatable bonds is 6. The van der Waals surface area contributed by atoms with Gasteiger partial charge in [-0.3, -0.25) is 0 Å². The Balaban J connectivity index is 2.37. The first-order valence-corrected chi connectivity index (χ1v) is 18.3. The van der Waals surface area contributed by atoms with E-state index in [0.29, 0.717) is 33.8 Å². The Labute approximate surface area is 217 Å². The third-order valence-corrected chi connectivity index (χ3v) is 16.4. The van der Waals surface area contributed by atoms with Crippen molar-refractivity contribution in [2.24, 2.45) is 0 Å². The molecule has 0 aromatic heterocycles. The lowest BCUT2D eigenvalue weighted by Crippen LogP contribution is -2.44. The van der Waals surface area contributed by atoms with Crippen LogP contribution in [0.5, 0.6) is 11.5 Å². The summed E-state index contributed by atoms with van der Waals surface area (Å²) in [6.07, 6.45) is 0. The second-order valence-corrected chi connectivity index (χ2v) is 22.0. The quantitative estimate of drug-likeness (QED) is 0.297. The van der Waals surface area contributed by atoms with E-state index < -0.39 is 16.6 Å². The summed E-state index contributed by atoms with van der Waals surface area (Å²) in [5.41, 5.74) is 2.11. The predicted molar refractivity (Wildman–Crippen MR) is 153 cm³/mol. The van der Waals surface area contributed by atoms with Crippen LogP contribution in [0, 0.1) is 11.6 Å². The van der Waals surface area contributed by atoms with Crippen molar-refractivity contribution in [3.63, 3.8) is 0 Å². The molecule has 3 aromatic rings. The maximum atomic E-state index is 15.1. The summed E-state index contributed by atoms with van der Waals surface area (Å²) < 4.78 is 43.8. The molecular formula is C30H40F2O2Si2. The average molecular weight is 527 g/mol. The summed E-state index contributed by atoms with van der Waals surface area (Å²) in [6.45, 7) is 21.6. The highest BCUT2D eigenvalue weighted by atomic mass is 28.4. The molecule has 6 heteroatoms. The Morgan fingerprint density at radius 3 is 1.11 bits per heavy atom. The van der Waals surface area contributed by atoms with Crippen LogP contribution in [0.2, 0.25) is 36.3 Å². The van der Waals surface area contributed by atoms with Crippen molar-refractivity contribution in [2.75, 3.05) is 0 Å². The molecule has 0 N–H and O–H groups in total. The van der Waals surface area contributed by atoms with Crippen LogP contribution in [0.3, 0.4) is 0 Å². The Morgan fingerprint density at radius 1 is 0.528 bits per heavy atom. The minimum atomic E-state index is -2.31. The van der Waals surface area contributed by atoms with Gasteiger partial charge in [-0.05, 0) is 60.5 Å². The Kier molecular flexibility index (Phi) is 7.65. The van der Waals surface area contributed by atoms with E-state index in [9.17, 15) is 0 Å².